The number of methoxy groups -OCH3 is 1. The third kappa shape index (κ3) is 6.81. The van der Waals surface area contributed by atoms with Crippen LogP contribution in [0.3, 0.4) is 0 Å². The van der Waals surface area contributed by atoms with Gasteiger partial charge in [0.25, 0.3) is 5.91 Å². The molecular weight excluding hydrogens is 612 g/mol. The molecule has 1 aromatic heterocycles. The number of hydrogen-bond acceptors (Lipinski definition) is 6. The van der Waals surface area contributed by atoms with Gasteiger partial charge >= 0.3 is 5.97 Å². The van der Waals surface area contributed by atoms with E-state index in [1.807, 2.05) is 63.2 Å². The molecule has 0 aliphatic carbocycles. The van der Waals surface area contributed by atoms with Gasteiger partial charge in [0, 0.05) is 23.0 Å². The van der Waals surface area contributed by atoms with Crippen LogP contribution in [0, 0.1) is 20.8 Å². The number of furan rings is 1. The number of rotatable bonds is 9. The van der Waals surface area contributed by atoms with Crippen molar-refractivity contribution in [1.29, 1.82) is 0 Å². The summed E-state index contributed by atoms with van der Waals surface area (Å²) >= 11 is 6.02. The van der Waals surface area contributed by atoms with Gasteiger partial charge in [-0.05, 0) is 99.0 Å². The largest absolute Gasteiger partial charge is 0.465 e. The summed E-state index contributed by atoms with van der Waals surface area (Å²) in [4.78, 5) is 28.2. The van der Waals surface area contributed by atoms with Crippen molar-refractivity contribution in [1.82, 2.24) is 4.31 Å². The summed E-state index contributed by atoms with van der Waals surface area (Å²) in [7, 11) is -2.69. The summed E-state index contributed by atoms with van der Waals surface area (Å²) in [6.45, 7) is 7.55. The third-order valence-corrected chi connectivity index (χ3v) is 9.54. The number of halogens is 1. The highest BCUT2D eigenvalue weighted by atomic mass is 35.5. The fourth-order valence-corrected chi connectivity index (χ4v) is 6.84. The van der Waals surface area contributed by atoms with Crippen molar-refractivity contribution in [3.05, 3.63) is 135 Å². The molecule has 1 aliphatic heterocycles. The molecule has 0 N–H and O–H groups in total. The molecule has 0 bridgehead atoms. The Hall–Kier alpha value is -4.44. The normalized spacial score (nSPS) is 14.6. The molecule has 0 saturated heterocycles. The Morgan fingerprint density at radius 2 is 1.53 bits per heavy atom. The van der Waals surface area contributed by atoms with Gasteiger partial charge in [0.1, 0.15) is 11.5 Å². The van der Waals surface area contributed by atoms with E-state index in [4.69, 9.17) is 20.8 Å². The Morgan fingerprint density at radius 1 is 0.889 bits per heavy atom. The number of aryl methyl sites for hydroxylation is 3. The molecule has 10 heteroatoms. The van der Waals surface area contributed by atoms with Gasteiger partial charge in [-0.25, -0.2) is 13.2 Å². The summed E-state index contributed by atoms with van der Waals surface area (Å²) in [5.41, 5.74) is 5.13. The maximum Gasteiger partial charge on any atom is 0.340 e. The minimum absolute atomic E-state index is 0.0800. The maximum atomic E-state index is 13.8. The second kappa shape index (κ2) is 12.9. The standard InChI is InChI=1S/C35H33ClN2O6S/c1-22-6-8-26(9-7-22)20-37(45(41,42)31-14-10-27(36)11-15-31)21-30-13-12-29(44-30)19-32-33(35(40)43-5)25(4)38(34(32)39)28-17-23(2)16-24(3)18-28/h6-19H,20-21H2,1-5H3/b32-19+. The molecule has 8 nitrogen and oxygen atoms in total. The van der Waals surface area contributed by atoms with Gasteiger partial charge in [0.15, 0.2) is 0 Å². The first-order valence-corrected chi connectivity index (χ1v) is 16.0. The molecule has 232 valence electrons. The van der Waals surface area contributed by atoms with E-state index in [0.29, 0.717) is 22.2 Å². The molecule has 45 heavy (non-hydrogen) atoms. The van der Waals surface area contributed by atoms with Crippen LogP contribution in [-0.2, 0) is 37.4 Å². The summed E-state index contributed by atoms with van der Waals surface area (Å²) in [5.74, 6) is -0.418. The minimum Gasteiger partial charge on any atom is -0.465 e. The zero-order valence-corrected chi connectivity index (χ0v) is 27.2. The van der Waals surface area contributed by atoms with Crippen LogP contribution in [0.25, 0.3) is 6.08 Å². The van der Waals surface area contributed by atoms with E-state index in [9.17, 15) is 18.0 Å². The zero-order chi connectivity index (χ0) is 32.5. The SMILES string of the molecule is COC(=O)C1=C(C)N(c2cc(C)cc(C)c2)C(=O)/C1=C/c1ccc(CN(Cc2ccc(C)cc2)S(=O)(=O)c2ccc(Cl)cc2)o1. The third-order valence-electron chi connectivity index (χ3n) is 7.49. The predicted octanol–water partition coefficient (Wildman–Crippen LogP) is 7.13. The number of carbonyl (C=O) groups is 2. The summed E-state index contributed by atoms with van der Waals surface area (Å²) in [6.07, 6.45) is 1.49. The predicted molar refractivity (Wildman–Crippen MR) is 174 cm³/mol. The van der Waals surface area contributed by atoms with Crippen LogP contribution in [0.2, 0.25) is 5.02 Å². The number of carbonyl (C=O) groups excluding carboxylic acids is 2. The second-order valence-corrected chi connectivity index (χ2v) is 13.4. The van der Waals surface area contributed by atoms with Crippen LogP contribution in [0.5, 0.6) is 0 Å². The van der Waals surface area contributed by atoms with Gasteiger partial charge in [-0.2, -0.15) is 4.31 Å². The van der Waals surface area contributed by atoms with Gasteiger partial charge in [-0.1, -0.05) is 47.5 Å². The number of esters is 1. The molecule has 0 spiro atoms. The van der Waals surface area contributed by atoms with Gasteiger partial charge in [0.05, 0.1) is 29.7 Å². The van der Waals surface area contributed by atoms with Crippen molar-refractivity contribution in [2.24, 2.45) is 0 Å². The molecule has 1 amide bonds. The average molecular weight is 645 g/mol. The van der Waals surface area contributed by atoms with Crippen molar-refractivity contribution in [3.63, 3.8) is 0 Å². The van der Waals surface area contributed by atoms with E-state index in [-0.39, 0.29) is 34.9 Å². The lowest BCUT2D eigenvalue weighted by molar-refractivity contribution is -0.136. The molecule has 2 heterocycles. The smallest absolute Gasteiger partial charge is 0.340 e. The molecular formula is C35H33ClN2O6S. The van der Waals surface area contributed by atoms with Crippen LogP contribution in [0.15, 0.2) is 105 Å². The number of amides is 1. The fraction of sp³-hybridized carbons (Fsp3) is 0.200. The van der Waals surface area contributed by atoms with Crippen LogP contribution in [-0.4, -0.2) is 31.7 Å². The van der Waals surface area contributed by atoms with E-state index in [2.05, 4.69) is 0 Å². The van der Waals surface area contributed by atoms with Crippen LogP contribution < -0.4 is 4.90 Å². The average Bonchev–Trinajstić information content (AvgIpc) is 3.53. The Balaban J connectivity index is 1.49. The minimum atomic E-state index is -3.95. The lowest BCUT2D eigenvalue weighted by atomic mass is 10.1. The van der Waals surface area contributed by atoms with Crippen LogP contribution in [0.4, 0.5) is 5.69 Å². The number of nitrogens with zero attached hydrogens (tertiary/aromatic N) is 2. The quantitative estimate of drug-likeness (QED) is 0.142. The molecule has 0 saturated carbocycles. The summed E-state index contributed by atoms with van der Waals surface area (Å²) in [5, 5.41) is 0.427. The van der Waals surface area contributed by atoms with Crippen molar-refractivity contribution in [3.8, 4) is 0 Å². The van der Waals surface area contributed by atoms with Crippen molar-refractivity contribution in [2.45, 2.75) is 45.7 Å². The van der Waals surface area contributed by atoms with Crippen LogP contribution in [0.1, 0.15) is 40.7 Å². The summed E-state index contributed by atoms with van der Waals surface area (Å²) in [6, 6.07) is 22.7. The number of benzene rings is 3. The van der Waals surface area contributed by atoms with E-state index < -0.39 is 21.9 Å². The van der Waals surface area contributed by atoms with E-state index in [1.165, 1.54) is 46.7 Å². The number of allylic oxidation sites excluding steroid dienone is 1. The lowest BCUT2D eigenvalue weighted by Crippen LogP contribution is -2.30. The highest BCUT2D eigenvalue weighted by Crippen LogP contribution is 2.36. The Kier molecular flexibility index (Phi) is 9.16. The Morgan fingerprint density at radius 3 is 2.16 bits per heavy atom. The van der Waals surface area contributed by atoms with Gasteiger partial charge in [0.2, 0.25) is 10.0 Å². The van der Waals surface area contributed by atoms with Gasteiger partial charge in [-0.3, -0.25) is 9.69 Å². The van der Waals surface area contributed by atoms with E-state index in [1.54, 1.807) is 19.1 Å². The topological polar surface area (TPSA) is 97.1 Å². The highest BCUT2D eigenvalue weighted by molar-refractivity contribution is 7.89. The molecule has 5 rings (SSSR count). The van der Waals surface area contributed by atoms with Crippen LogP contribution >= 0.6 is 11.6 Å². The molecule has 1 aliphatic rings. The van der Waals surface area contributed by atoms with Crippen molar-refractivity contribution < 1.29 is 27.2 Å². The molecule has 0 unspecified atom stereocenters. The molecule has 4 aromatic rings. The van der Waals surface area contributed by atoms with Crippen molar-refractivity contribution >= 4 is 45.3 Å². The first kappa shape index (κ1) is 32.0. The lowest BCUT2D eigenvalue weighted by Gasteiger charge is -2.21. The molecule has 0 atom stereocenters. The van der Waals surface area contributed by atoms with E-state index >= 15 is 0 Å². The number of ether oxygens (including phenoxy) is 1. The first-order valence-electron chi connectivity index (χ1n) is 14.2. The van der Waals surface area contributed by atoms with E-state index in [0.717, 1.165) is 22.3 Å². The number of hydrogen-bond donors (Lipinski definition) is 0. The highest BCUT2D eigenvalue weighted by Gasteiger charge is 2.38. The Labute approximate surface area is 268 Å². The molecule has 3 aromatic carbocycles. The summed E-state index contributed by atoms with van der Waals surface area (Å²) < 4.78 is 40.0. The molecule has 0 fully saturated rings. The Bertz CT molecular complexity index is 1920. The molecule has 0 radical (unpaired) electrons. The second-order valence-electron chi connectivity index (χ2n) is 11.0. The fourth-order valence-electron chi connectivity index (χ4n) is 5.32. The van der Waals surface area contributed by atoms with Crippen molar-refractivity contribution in [2.75, 3.05) is 12.0 Å². The maximum absolute atomic E-state index is 13.8. The first-order chi connectivity index (χ1) is 21.4. The number of anilines is 1. The zero-order valence-electron chi connectivity index (χ0n) is 25.6. The monoisotopic (exact) mass is 644 g/mol. The van der Waals surface area contributed by atoms with Gasteiger partial charge in [-0.15, -0.1) is 0 Å². The van der Waals surface area contributed by atoms with Gasteiger partial charge < -0.3 is 9.15 Å². The number of sulfonamides is 1.